The van der Waals surface area contributed by atoms with Gasteiger partial charge in [0.1, 0.15) is 0 Å². The largest absolute Gasteiger partial charge is 0.382 e. The van der Waals surface area contributed by atoms with Gasteiger partial charge in [-0.05, 0) is 91.8 Å². The summed E-state index contributed by atoms with van der Waals surface area (Å²) in [5, 5.41) is 0. The third-order valence-electron chi connectivity index (χ3n) is 9.51. The minimum absolute atomic E-state index is 0.0387. The van der Waals surface area contributed by atoms with Crippen LogP contribution in [0.4, 0.5) is 5.69 Å². The monoisotopic (exact) mass is 801 g/mol. The average Bonchev–Trinajstić information content (AvgIpc) is 3.29. The van der Waals surface area contributed by atoms with E-state index in [-0.39, 0.29) is 36.0 Å². The highest BCUT2D eigenvalue weighted by Gasteiger charge is 2.44. The van der Waals surface area contributed by atoms with Gasteiger partial charge in [-0.3, -0.25) is 13.7 Å². The molecule has 296 valence electrons. The Hall–Kier alpha value is -2.97. The summed E-state index contributed by atoms with van der Waals surface area (Å²) in [6.45, 7) is 12.0. The molecule has 3 rings (SSSR count). The van der Waals surface area contributed by atoms with Gasteiger partial charge >= 0.3 is 0 Å². The zero-order chi connectivity index (χ0) is 39.7. The van der Waals surface area contributed by atoms with Crippen molar-refractivity contribution < 1.29 is 57.9 Å². The maximum atomic E-state index is 12.2. The molecule has 0 spiro atoms. The van der Waals surface area contributed by atoms with E-state index >= 15 is 0 Å². The van der Waals surface area contributed by atoms with E-state index in [0.717, 1.165) is 5.56 Å². The average molecular weight is 802 g/mol. The van der Waals surface area contributed by atoms with Gasteiger partial charge < -0.3 is 23.8 Å². The number of aryl methyl sites for hydroxylation is 1. The maximum absolute atomic E-state index is 12.2. The lowest BCUT2D eigenvalue weighted by Crippen LogP contribution is -2.31. The molecule has 0 aliphatic carbocycles. The van der Waals surface area contributed by atoms with Crippen LogP contribution in [0, 0.1) is 6.92 Å². The Balaban J connectivity index is 2.16. The first-order valence-corrected chi connectivity index (χ1v) is 21.3. The van der Waals surface area contributed by atoms with Crippen molar-refractivity contribution in [3.63, 3.8) is 0 Å². The number of hydrogen-bond acceptors (Lipinski definition) is 11. The van der Waals surface area contributed by atoms with Gasteiger partial charge in [0.05, 0.1) is 42.0 Å². The second-order valence-electron chi connectivity index (χ2n) is 13.2. The van der Waals surface area contributed by atoms with Gasteiger partial charge in [0.25, 0.3) is 30.4 Å². The van der Waals surface area contributed by atoms with Crippen LogP contribution in [0.5, 0.6) is 0 Å². The van der Waals surface area contributed by atoms with Crippen molar-refractivity contribution in [2.24, 2.45) is 0 Å². The SMILES string of the molecule is C=C(/C=C/C=C1/N(CCCS(=O)(=O)O)c2ccc(S(=O)(=O)O)cc2C1(C)CCOCCOC)C(C)(CCOCCOC)c1cc(S(=O)(=O)O)ccc1C. The van der Waals surface area contributed by atoms with Crippen LogP contribution in [-0.2, 0) is 60.1 Å². The van der Waals surface area contributed by atoms with E-state index in [1.54, 1.807) is 44.6 Å². The molecular formula is C36H51NO13S3. The van der Waals surface area contributed by atoms with Crippen LogP contribution >= 0.6 is 0 Å². The molecule has 0 bridgehead atoms. The fourth-order valence-electron chi connectivity index (χ4n) is 6.41. The molecule has 1 aliphatic heterocycles. The highest BCUT2D eigenvalue weighted by molar-refractivity contribution is 7.86. The van der Waals surface area contributed by atoms with Crippen LogP contribution in [0.2, 0.25) is 0 Å². The number of ether oxygens (including phenoxy) is 4. The van der Waals surface area contributed by atoms with E-state index in [1.165, 1.54) is 24.3 Å². The van der Waals surface area contributed by atoms with Crippen LogP contribution in [0.3, 0.4) is 0 Å². The Kier molecular flexibility index (Phi) is 15.6. The molecule has 2 atom stereocenters. The molecule has 14 nitrogen and oxygen atoms in total. The molecule has 53 heavy (non-hydrogen) atoms. The lowest BCUT2D eigenvalue weighted by molar-refractivity contribution is 0.0639. The minimum atomic E-state index is -4.57. The summed E-state index contributed by atoms with van der Waals surface area (Å²) in [6.07, 6.45) is 6.09. The molecule has 0 amide bonds. The van der Waals surface area contributed by atoms with Gasteiger partial charge in [0.15, 0.2) is 0 Å². The fraction of sp³-hybridized carbons (Fsp3) is 0.500. The number of benzene rings is 2. The van der Waals surface area contributed by atoms with Gasteiger partial charge in [0.2, 0.25) is 0 Å². The number of allylic oxidation sites excluding steroid dienone is 5. The highest BCUT2D eigenvalue weighted by atomic mass is 32.2. The molecule has 2 unspecified atom stereocenters. The Morgan fingerprint density at radius 3 is 2.04 bits per heavy atom. The van der Waals surface area contributed by atoms with Crippen LogP contribution in [0.1, 0.15) is 49.8 Å². The second kappa shape index (κ2) is 18.6. The lowest BCUT2D eigenvalue weighted by Gasteiger charge is -2.33. The third kappa shape index (κ3) is 11.8. The first-order chi connectivity index (χ1) is 24.7. The minimum Gasteiger partial charge on any atom is -0.382 e. The lowest BCUT2D eigenvalue weighted by atomic mass is 9.72. The summed E-state index contributed by atoms with van der Waals surface area (Å²) >= 11 is 0. The van der Waals surface area contributed by atoms with Crippen molar-refractivity contribution in [1.82, 2.24) is 0 Å². The van der Waals surface area contributed by atoms with Crippen LogP contribution in [0.25, 0.3) is 0 Å². The van der Waals surface area contributed by atoms with Gasteiger partial charge in [-0.1, -0.05) is 31.7 Å². The van der Waals surface area contributed by atoms with Crippen molar-refractivity contribution in [1.29, 1.82) is 0 Å². The fourth-order valence-corrected chi connectivity index (χ4v) is 7.91. The number of nitrogens with zero attached hydrogens (tertiary/aromatic N) is 1. The summed E-state index contributed by atoms with van der Waals surface area (Å²) in [5.41, 5.74) is 1.95. The van der Waals surface area contributed by atoms with Crippen molar-refractivity contribution >= 4 is 36.0 Å². The Morgan fingerprint density at radius 2 is 1.45 bits per heavy atom. The van der Waals surface area contributed by atoms with E-state index in [4.69, 9.17) is 18.9 Å². The highest BCUT2D eigenvalue weighted by Crippen LogP contribution is 2.51. The first kappa shape index (κ1) is 44.4. The molecule has 1 heterocycles. The molecule has 0 fully saturated rings. The molecule has 17 heteroatoms. The van der Waals surface area contributed by atoms with Crippen LogP contribution in [-0.4, -0.2) is 105 Å². The number of fused-ring (bicyclic) bond motifs is 1. The van der Waals surface area contributed by atoms with Crippen LogP contribution < -0.4 is 4.90 Å². The standard InChI is InChI=1S/C36H51NO13S3/c1-27-11-12-29(52(41,42)43)25-31(27)35(3,15-18-49-22-20-47-5)28(2)9-7-10-34-36(4,16-19-50-23-21-48-6)32-26-30(53(44,45)46)13-14-33(32)37(34)17-8-24-51(38,39)40/h7,9-14,25-26H,2,8,15-24H2,1,3-6H3,(H,38,39,40)(H,41,42,43)(H,44,45,46)/b9-7+,34-10+. The van der Waals surface area contributed by atoms with E-state index in [0.29, 0.717) is 67.4 Å². The van der Waals surface area contributed by atoms with Crippen molar-refractivity contribution in [3.8, 4) is 0 Å². The number of hydrogen-bond donors (Lipinski definition) is 3. The summed E-state index contributed by atoms with van der Waals surface area (Å²) < 4.78 is 123. The quantitative estimate of drug-likeness (QED) is 0.0824. The van der Waals surface area contributed by atoms with Crippen molar-refractivity contribution in [3.05, 3.63) is 89.2 Å². The maximum Gasteiger partial charge on any atom is 0.294 e. The normalized spacial score (nSPS) is 18.5. The Labute approximate surface area is 313 Å². The molecule has 2 aromatic carbocycles. The summed E-state index contributed by atoms with van der Waals surface area (Å²) in [4.78, 5) is 1.27. The second-order valence-corrected chi connectivity index (χ2v) is 17.6. The van der Waals surface area contributed by atoms with Crippen LogP contribution in [0.15, 0.2) is 82.3 Å². The molecule has 3 N–H and O–H groups in total. The first-order valence-electron chi connectivity index (χ1n) is 16.8. The van der Waals surface area contributed by atoms with Gasteiger partial charge in [-0.2, -0.15) is 25.3 Å². The zero-order valence-electron chi connectivity index (χ0n) is 30.8. The van der Waals surface area contributed by atoms with Gasteiger partial charge in [-0.25, -0.2) is 0 Å². The number of anilines is 1. The van der Waals surface area contributed by atoms with Crippen molar-refractivity contribution in [2.75, 3.05) is 71.1 Å². The molecule has 1 aliphatic rings. The summed E-state index contributed by atoms with van der Waals surface area (Å²) in [5.74, 6) is -0.508. The molecule has 2 aromatic rings. The van der Waals surface area contributed by atoms with E-state index < -0.39 is 46.9 Å². The molecule has 0 saturated heterocycles. The molecule has 0 saturated carbocycles. The predicted molar refractivity (Wildman–Crippen MR) is 201 cm³/mol. The number of rotatable bonds is 22. The van der Waals surface area contributed by atoms with E-state index in [1.807, 2.05) is 25.7 Å². The Morgan fingerprint density at radius 1 is 0.868 bits per heavy atom. The Bertz CT molecular complexity index is 1990. The predicted octanol–water partition coefficient (Wildman–Crippen LogP) is 4.90. The molecule has 0 radical (unpaired) electrons. The molecule has 0 aromatic heterocycles. The third-order valence-corrected chi connectivity index (χ3v) is 12.0. The van der Waals surface area contributed by atoms with E-state index in [9.17, 15) is 38.9 Å². The smallest absolute Gasteiger partial charge is 0.294 e. The topological polar surface area (TPSA) is 203 Å². The van der Waals surface area contributed by atoms with E-state index in [2.05, 4.69) is 6.58 Å². The summed E-state index contributed by atoms with van der Waals surface area (Å²) in [7, 11) is -10.3. The van der Waals surface area contributed by atoms with Crippen molar-refractivity contribution in [2.45, 2.75) is 60.7 Å². The summed E-state index contributed by atoms with van der Waals surface area (Å²) in [6, 6.07) is 8.57. The molecular weight excluding hydrogens is 751 g/mol. The zero-order valence-corrected chi connectivity index (χ0v) is 33.2. The number of methoxy groups -OCH3 is 2. The van der Waals surface area contributed by atoms with Gasteiger partial charge in [0, 0.05) is 56.2 Å². The van der Waals surface area contributed by atoms with Gasteiger partial charge in [-0.15, -0.1) is 0 Å².